The minimum absolute atomic E-state index is 0.0567. The minimum Gasteiger partial charge on any atom is -0.399 e. The molecule has 0 bridgehead atoms. The molecule has 0 aromatic heterocycles. The Morgan fingerprint density at radius 1 is 1.00 bits per heavy atom. The molecule has 0 amide bonds. The van der Waals surface area contributed by atoms with Crippen molar-refractivity contribution in [1.29, 1.82) is 0 Å². The summed E-state index contributed by atoms with van der Waals surface area (Å²) in [5, 5.41) is 0. The Labute approximate surface area is 119 Å². The summed E-state index contributed by atoms with van der Waals surface area (Å²) in [7, 11) is 0. The van der Waals surface area contributed by atoms with Gasteiger partial charge in [0.15, 0.2) is 5.78 Å². The first-order chi connectivity index (χ1) is 9.70. The lowest BCUT2D eigenvalue weighted by Crippen LogP contribution is -2.13. The fraction of sp³-hybridized carbons (Fsp3) is 0.133. The summed E-state index contributed by atoms with van der Waals surface area (Å²) in [5.74, 6) is -0.511. The lowest BCUT2D eigenvalue weighted by Gasteiger charge is -2.14. The van der Waals surface area contributed by atoms with Gasteiger partial charge in [-0.2, -0.15) is 13.2 Å². The van der Waals surface area contributed by atoms with E-state index in [-0.39, 0.29) is 22.4 Å². The Hall–Kier alpha value is -2.50. The second-order valence-electron chi connectivity index (χ2n) is 4.70. The van der Waals surface area contributed by atoms with Crippen molar-refractivity contribution < 1.29 is 18.0 Å². The van der Waals surface area contributed by atoms with Gasteiger partial charge in [-0.1, -0.05) is 0 Å². The molecule has 0 spiro atoms. The van der Waals surface area contributed by atoms with Crippen LogP contribution in [0.15, 0.2) is 36.4 Å². The molecule has 0 aliphatic carbocycles. The number of nitrogens with two attached hydrogens (primary N) is 2. The summed E-state index contributed by atoms with van der Waals surface area (Å²) in [6.07, 6.45) is -4.60. The van der Waals surface area contributed by atoms with E-state index in [1.165, 1.54) is 37.3 Å². The molecule has 2 aromatic rings. The highest BCUT2D eigenvalue weighted by Crippen LogP contribution is 2.36. The fourth-order valence-corrected chi connectivity index (χ4v) is 1.97. The van der Waals surface area contributed by atoms with Crippen molar-refractivity contribution >= 4 is 17.2 Å². The van der Waals surface area contributed by atoms with Crippen molar-refractivity contribution in [2.45, 2.75) is 13.1 Å². The molecule has 0 saturated carbocycles. The number of carbonyl (C=O) groups excluding carboxylic acids is 1. The topological polar surface area (TPSA) is 69.1 Å². The van der Waals surface area contributed by atoms with E-state index in [1.54, 1.807) is 0 Å². The smallest absolute Gasteiger partial charge is 0.399 e. The number of nitrogen functional groups attached to an aromatic ring is 2. The SMILES string of the molecule is Cc1cc(C(=O)c2ccc(N)cc2)cc(C(F)(F)F)c1N. The highest BCUT2D eigenvalue weighted by Gasteiger charge is 2.34. The van der Waals surface area contributed by atoms with E-state index in [9.17, 15) is 18.0 Å². The maximum Gasteiger partial charge on any atom is 0.418 e. The second-order valence-corrected chi connectivity index (χ2v) is 4.70. The molecular formula is C15H13F3N2O. The van der Waals surface area contributed by atoms with Gasteiger partial charge in [0.25, 0.3) is 0 Å². The molecule has 0 saturated heterocycles. The molecule has 0 atom stereocenters. The van der Waals surface area contributed by atoms with Crippen LogP contribution < -0.4 is 11.5 Å². The van der Waals surface area contributed by atoms with Crippen LogP contribution in [0.2, 0.25) is 0 Å². The second kappa shape index (κ2) is 5.12. The van der Waals surface area contributed by atoms with Crippen LogP contribution >= 0.6 is 0 Å². The van der Waals surface area contributed by atoms with Gasteiger partial charge in [0.2, 0.25) is 0 Å². The Balaban J connectivity index is 2.52. The van der Waals surface area contributed by atoms with Gasteiger partial charge in [0.05, 0.1) is 5.56 Å². The molecule has 21 heavy (non-hydrogen) atoms. The van der Waals surface area contributed by atoms with E-state index < -0.39 is 17.5 Å². The third-order valence-electron chi connectivity index (χ3n) is 3.13. The average molecular weight is 294 g/mol. The Kier molecular flexibility index (Phi) is 3.63. The number of hydrogen-bond acceptors (Lipinski definition) is 3. The van der Waals surface area contributed by atoms with Gasteiger partial charge < -0.3 is 11.5 Å². The molecule has 0 fully saturated rings. The summed E-state index contributed by atoms with van der Waals surface area (Å²) < 4.78 is 38.8. The van der Waals surface area contributed by atoms with Crippen molar-refractivity contribution in [3.63, 3.8) is 0 Å². The van der Waals surface area contributed by atoms with Crippen LogP contribution in [0.3, 0.4) is 0 Å². The van der Waals surface area contributed by atoms with Crippen LogP contribution in [0.25, 0.3) is 0 Å². The number of hydrogen-bond donors (Lipinski definition) is 2. The Morgan fingerprint density at radius 2 is 1.57 bits per heavy atom. The summed E-state index contributed by atoms with van der Waals surface area (Å²) >= 11 is 0. The highest BCUT2D eigenvalue weighted by molar-refractivity contribution is 6.09. The van der Waals surface area contributed by atoms with Gasteiger partial charge in [0.1, 0.15) is 0 Å². The predicted molar refractivity (Wildman–Crippen MR) is 74.9 cm³/mol. The number of carbonyl (C=O) groups is 1. The van der Waals surface area contributed by atoms with Gasteiger partial charge in [-0.15, -0.1) is 0 Å². The van der Waals surface area contributed by atoms with Gasteiger partial charge in [-0.3, -0.25) is 4.79 Å². The summed E-state index contributed by atoms with van der Waals surface area (Å²) in [5.41, 5.74) is 10.5. The maximum absolute atomic E-state index is 12.9. The summed E-state index contributed by atoms with van der Waals surface area (Å²) in [4.78, 5) is 12.3. The lowest BCUT2D eigenvalue weighted by atomic mass is 9.97. The molecule has 0 aliphatic rings. The molecular weight excluding hydrogens is 281 g/mol. The molecule has 3 nitrogen and oxygen atoms in total. The summed E-state index contributed by atoms with van der Waals surface area (Å²) in [6.45, 7) is 1.43. The van der Waals surface area contributed by atoms with Crippen LogP contribution in [0, 0.1) is 6.92 Å². The Morgan fingerprint density at radius 3 is 2.10 bits per heavy atom. The quantitative estimate of drug-likeness (QED) is 0.658. The number of benzene rings is 2. The number of ketones is 1. The Bertz CT molecular complexity index is 691. The molecule has 6 heteroatoms. The largest absolute Gasteiger partial charge is 0.418 e. The van der Waals surface area contributed by atoms with Crippen LogP contribution in [0.4, 0.5) is 24.5 Å². The molecule has 0 aliphatic heterocycles. The van der Waals surface area contributed by atoms with Crippen molar-refractivity contribution in [1.82, 2.24) is 0 Å². The number of alkyl halides is 3. The number of anilines is 2. The molecule has 4 N–H and O–H groups in total. The highest BCUT2D eigenvalue weighted by atomic mass is 19.4. The maximum atomic E-state index is 12.9. The van der Waals surface area contributed by atoms with Crippen LogP contribution in [0.5, 0.6) is 0 Å². The minimum atomic E-state index is -4.60. The van der Waals surface area contributed by atoms with Crippen molar-refractivity contribution in [2.24, 2.45) is 0 Å². The molecule has 2 aromatic carbocycles. The van der Waals surface area contributed by atoms with Gasteiger partial charge in [0, 0.05) is 22.5 Å². The van der Waals surface area contributed by atoms with Crippen molar-refractivity contribution in [3.05, 3.63) is 58.7 Å². The monoisotopic (exact) mass is 294 g/mol. The average Bonchev–Trinajstić information content (AvgIpc) is 2.40. The zero-order chi connectivity index (χ0) is 15.8. The van der Waals surface area contributed by atoms with Gasteiger partial charge in [-0.05, 0) is 48.9 Å². The zero-order valence-corrected chi connectivity index (χ0v) is 11.2. The molecule has 0 heterocycles. The van der Waals surface area contributed by atoms with Crippen molar-refractivity contribution in [2.75, 3.05) is 11.5 Å². The first-order valence-corrected chi connectivity index (χ1v) is 6.07. The van der Waals surface area contributed by atoms with Crippen molar-refractivity contribution in [3.8, 4) is 0 Å². The van der Waals surface area contributed by atoms with Gasteiger partial charge in [-0.25, -0.2) is 0 Å². The first-order valence-electron chi connectivity index (χ1n) is 6.07. The molecule has 110 valence electrons. The lowest BCUT2D eigenvalue weighted by molar-refractivity contribution is -0.136. The molecule has 0 unspecified atom stereocenters. The third kappa shape index (κ3) is 2.99. The van der Waals surface area contributed by atoms with E-state index >= 15 is 0 Å². The first kappa shape index (κ1) is 14.9. The molecule has 2 rings (SSSR count). The van der Waals surface area contributed by atoms with E-state index in [0.29, 0.717) is 5.69 Å². The number of rotatable bonds is 2. The van der Waals surface area contributed by atoms with Gasteiger partial charge >= 0.3 is 6.18 Å². The van der Waals surface area contributed by atoms with E-state index in [4.69, 9.17) is 11.5 Å². The normalized spacial score (nSPS) is 11.4. The van der Waals surface area contributed by atoms with E-state index in [0.717, 1.165) is 6.07 Å². The van der Waals surface area contributed by atoms with Crippen LogP contribution in [-0.2, 0) is 6.18 Å². The van der Waals surface area contributed by atoms with E-state index in [2.05, 4.69) is 0 Å². The number of halogens is 3. The summed E-state index contributed by atoms with van der Waals surface area (Å²) in [6, 6.07) is 8.10. The van der Waals surface area contributed by atoms with E-state index in [1.807, 2.05) is 0 Å². The third-order valence-corrected chi connectivity index (χ3v) is 3.13. The predicted octanol–water partition coefficient (Wildman–Crippen LogP) is 3.41. The molecule has 0 radical (unpaired) electrons. The zero-order valence-electron chi connectivity index (χ0n) is 11.2. The fourth-order valence-electron chi connectivity index (χ4n) is 1.97. The van der Waals surface area contributed by atoms with Crippen LogP contribution in [0.1, 0.15) is 27.0 Å². The number of aryl methyl sites for hydroxylation is 1. The standard InChI is InChI=1S/C15H13F3N2O/c1-8-6-10(7-12(13(8)20)15(16,17)18)14(21)9-2-4-11(19)5-3-9/h2-7H,19-20H2,1H3. The van der Waals surface area contributed by atoms with Crippen LogP contribution in [-0.4, -0.2) is 5.78 Å².